The van der Waals surface area contributed by atoms with E-state index in [1.807, 2.05) is 6.92 Å². The number of carboxylic acid groups (broad SMARTS) is 1. The molecule has 0 bridgehead atoms. The normalized spacial score (nSPS) is 15.6. The number of carboxylic acids is 1. The predicted octanol–water partition coefficient (Wildman–Crippen LogP) is -0.0976. The molecule has 0 rings (SSSR count). The lowest BCUT2D eigenvalue weighted by atomic mass is 10.1. The molecule has 4 N–H and O–H groups in total. The van der Waals surface area contributed by atoms with Crippen LogP contribution in [0.4, 0.5) is 0 Å². The van der Waals surface area contributed by atoms with E-state index in [4.69, 9.17) is 10.8 Å². The number of thioether (sulfide) groups is 1. The fourth-order valence-corrected chi connectivity index (χ4v) is 1.39. The number of hydrogen-bond acceptors (Lipinski definition) is 4. The standard InChI is InChI=1S/C7H15NO3S/c1-2-12-4-3-5(9)6(8)7(10)11/h5-6,9H,2-4,8H2,1H3,(H,10,11). The lowest BCUT2D eigenvalue weighted by Gasteiger charge is -2.13. The monoisotopic (exact) mass is 193 g/mol. The average Bonchev–Trinajstić information content (AvgIpc) is 2.03. The number of aliphatic hydroxyl groups excluding tert-OH is 1. The highest BCUT2D eigenvalue weighted by atomic mass is 32.2. The molecule has 0 radical (unpaired) electrons. The molecule has 5 heteroatoms. The maximum atomic E-state index is 10.3. The van der Waals surface area contributed by atoms with Crippen LogP contribution in [0.1, 0.15) is 13.3 Å². The molecule has 72 valence electrons. The smallest absolute Gasteiger partial charge is 0.323 e. The zero-order valence-corrected chi connectivity index (χ0v) is 7.88. The van der Waals surface area contributed by atoms with Gasteiger partial charge in [0.25, 0.3) is 0 Å². The Morgan fingerprint density at radius 2 is 2.25 bits per heavy atom. The van der Waals surface area contributed by atoms with E-state index in [9.17, 15) is 9.90 Å². The quantitative estimate of drug-likeness (QED) is 0.513. The fraction of sp³-hybridized carbons (Fsp3) is 0.857. The van der Waals surface area contributed by atoms with Gasteiger partial charge in [0.15, 0.2) is 0 Å². The van der Waals surface area contributed by atoms with Gasteiger partial charge in [-0.2, -0.15) is 11.8 Å². The summed E-state index contributed by atoms with van der Waals surface area (Å²) in [6, 6.07) is -1.15. The number of aliphatic hydroxyl groups is 1. The van der Waals surface area contributed by atoms with Gasteiger partial charge in [0.2, 0.25) is 0 Å². The summed E-state index contributed by atoms with van der Waals surface area (Å²) in [4.78, 5) is 10.3. The molecule has 0 aliphatic heterocycles. The number of hydrogen-bond donors (Lipinski definition) is 3. The Hall–Kier alpha value is -0.260. The maximum Gasteiger partial charge on any atom is 0.323 e. The van der Waals surface area contributed by atoms with Gasteiger partial charge in [-0.15, -0.1) is 0 Å². The number of nitrogens with two attached hydrogens (primary N) is 1. The van der Waals surface area contributed by atoms with E-state index in [2.05, 4.69) is 0 Å². The molecule has 4 nitrogen and oxygen atoms in total. The molecule has 0 aromatic rings. The summed E-state index contributed by atoms with van der Waals surface area (Å²) in [5, 5.41) is 17.6. The van der Waals surface area contributed by atoms with Crippen LogP contribution in [0.2, 0.25) is 0 Å². The van der Waals surface area contributed by atoms with Crippen LogP contribution in [-0.2, 0) is 4.79 Å². The molecule has 0 aromatic carbocycles. The number of aliphatic carboxylic acids is 1. The van der Waals surface area contributed by atoms with Crippen molar-refractivity contribution < 1.29 is 15.0 Å². The first-order valence-corrected chi connectivity index (χ1v) is 4.99. The summed E-state index contributed by atoms with van der Waals surface area (Å²) >= 11 is 1.66. The Kier molecular flexibility index (Phi) is 6.14. The Morgan fingerprint density at radius 3 is 2.67 bits per heavy atom. The lowest BCUT2D eigenvalue weighted by Crippen LogP contribution is -2.42. The minimum atomic E-state index is -1.15. The first-order valence-electron chi connectivity index (χ1n) is 3.83. The third-order valence-electron chi connectivity index (χ3n) is 1.46. The van der Waals surface area contributed by atoms with Crippen molar-refractivity contribution in [2.45, 2.75) is 25.5 Å². The van der Waals surface area contributed by atoms with Crippen molar-refractivity contribution >= 4 is 17.7 Å². The lowest BCUT2D eigenvalue weighted by molar-refractivity contribution is -0.141. The van der Waals surface area contributed by atoms with Crippen LogP contribution in [0.15, 0.2) is 0 Å². The summed E-state index contributed by atoms with van der Waals surface area (Å²) in [7, 11) is 0. The summed E-state index contributed by atoms with van der Waals surface area (Å²) in [6.45, 7) is 2.01. The Labute approximate surface area is 76.1 Å². The molecule has 2 unspecified atom stereocenters. The molecule has 0 saturated carbocycles. The molecular formula is C7H15NO3S. The van der Waals surface area contributed by atoms with Crippen LogP contribution in [0.3, 0.4) is 0 Å². The van der Waals surface area contributed by atoms with Crippen molar-refractivity contribution in [3.63, 3.8) is 0 Å². The van der Waals surface area contributed by atoms with Gasteiger partial charge in [-0.3, -0.25) is 4.79 Å². The molecule has 0 aliphatic rings. The topological polar surface area (TPSA) is 83.5 Å². The molecule has 0 heterocycles. The average molecular weight is 193 g/mol. The fourth-order valence-electron chi connectivity index (χ4n) is 0.693. The second-order valence-electron chi connectivity index (χ2n) is 2.42. The molecular weight excluding hydrogens is 178 g/mol. The van der Waals surface area contributed by atoms with Crippen LogP contribution in [-0.4, -0.2) is 39.8 Å². The predicted molar refractivity (Wildman–Crippen MR) is 49.2 cm³/mol. The third-order valence-corrected chi connectivity index (χ3v) is 2.39. The van der Waals surface area contributed by atoms with Crippen molar-refractivity contribution in [3.8, 4) is 0 Å². The molecule has 2 atom stereocenters. The van der Waals surface area contributed by atoms with Crippen molar-refractivity contribution in [3.05, 3.63) is 0 Å². The Bertz CT molecular complexity index is 143. The van der Waals surface area contributed by atoms with Gasteiger partial charge in [0.05, 0.1) is 6.10 Å². The van der Waals surface area contributed by atoms with Crippen LogP contribution in [0.25, 0.3) is 0 Å². The first kappa shape index (κ1) is 11.7. The van der Waals surface area contributed by atoms with Crippen LogP contribution in [0.5, 0.6) is 0 Å². The summed E-state index contributed by atoms with van der Waals surface area (Å²) in [6.07, 6.45) is -0.493. The van der Waals surface area contributed by atoms with E-state index in [0.29, 0.717) is 6.42 Å². The highest BCUT2D eigenvalue weighted by Gasteiger charge is 2.20. The molecule has 0 amide bonds. The van der Waals surface area contributed by atoms with E-state index in [1.54, 1.807) is 11.8 Å². The van der Waals surface area contributed by atoms with Gasteiger partial charge in [-0.1, -0.05) is 6.92 Å². The zero-order chi connectivity index (χ0) is 9.56. The largest absolute Gasteiger partial charge is 0.480 e. The third kappa shape index (κ3) is 4.58. The van der Waals surface area contributed by atoms with Gasteiger partial charge in [-0.25, -0.2) is 0 Å². The number of carbonyl (C=O) groups is 1. The van der Waals surface area contributed by atoms with Crippen LogP contribution < -0.4 is 5.73 Å². The van der Waals surface area contributed by atoms with Crippen molar-refractivity contribution in [2.75, 3.05) is 11.5 Å². The van der Waals surface area contributed by atoms with Gasteiger partial charge in [0.1, 0.15) is 6.04 Å². The zero-order valence-electron chi connectivity index (χ0n) is 7.06. The highest BCUT2D eigenvalue weighted by Crippen LogP contribution is 2.05. The van der Waals surface area contributed by atoms with Gasteiger partial charge in [0, 0.05) is 0 Å². The Morgan fingerprint density at radius 1 is 1.67 bits per heavy atom. The minimum absolute atomic E-state index is 0.436. The Balaban J connectivity index is 3.56. The van der Waals surface area contributed by atoms with Gasteiger partial charge in [-0.05, 0) is 17.9 Å². The molecule has 0 saturated heterocycles. The van der Waals surface area contributed by atoms with E-state index in [-0.39, 0.29) is 0 Å². The molecule has 0 aliphatic carbocycles. The summed E-state index contributed by atoms with van der Waals surface area (Å²) in [5.74, 6) is 0.567. The SMILES string of the molecule is CCSCCC(O)C(N)C(=O)O. The molecule has 12 heavy (non-hydrogen) atoms. The van der Waals surface area contributed by atoms with Crippen molar-refractivity contribution in [1.29, 1.82) is 0 Å². The highest BCUT2D eigenvalue weighted by molar-refractivity contribution is 7.99. The van der Waals surface area contributed by atoms with E-state index < -0.39 is 18.1 Å². The minimum Gasteiger partial charge on any atom is -0.480 e. The van der Waals surface area contributed by atoms with Crippen LogP contribution >= 0.6 is 11.8 Å². The van der Waals surface area contributed by atoms with E-state index in [1.165, 1.54) is 0 Å². The van der Waals surface area contributed by atoms with Crippen molar-refractivity contribution in [2.24, 2.45) is 5.73 Å². The van der Waals surface area contributed by atoms with Crippen molar-refractivity contribution in [1.82, 2.24) is 0 Å². The second kappa shape index (κ2) is 6.28. The molecule has 0 fully saturated rings. The first-order chi connectivity index (χ1) is 5.59. The van der Waals surface area contributed by atoms with Gasteiger partial charge >= 0.3 is 5.97 Å². The van der Waals surface area contributed by atoms with E-state index >= 15 is 0 Å². The van der Waals surface area contributed by atoms with E-state index in [0.717, 1.165) is 11.5 Å². The molecule has 0 spiro atoms. The number of rotatable bonds is 6. The van der Waals surface area contributed by atoms with Gasteiger partial charge < -0.3 is 15.9 Å². The molecule has 0 aromatic heterocycles. The summed E-state index contributed by atoms with van der Waals surface area (Å²) < 4.78 is 0. The van der Waals surface area contributed by atoms with Crippen LogP contribution in [0, 0.1) is 0 Å². The second-order valence-corrected chi connectivity index (χ2v) is 3.81. The maximum absolute atomic E-state index is 10.3. The summed E-state index contributed by atoms with van der Waals surface area (Å²) in [5.41, 5.74) is 5.18.